The van der Waals surface area contributed by atoms with Gasteiger partial charge in [0.05, 0.1) is 12.5 Å². The first-order valence-corrected chi connectivity index (χ1v) is 14.0. The quantitative estimate of drug-likeness (QED) is 0.390. The number of carbonyl (C=O) groups excluding carboxylic acids is 3. The second-order valence-electron chi connectivity index (χ2n) is 14.9. The van der Waals surface area contributed by atoms with Crippen LogP contribution in [0.15, 0.2) is 11.6 Å². The van der Waals surface area contributed by atoms with Crippen LogP contribution in [0.5, 0.6) is 0 Å². The topological polar surface area (TPSA) is 60.4 Å². The molecule has 5 aliphatic rings. The molecule has 5 rings (SSSR count). The van der Waals surface area contributed by atoms with E-state index >= 15 is 0 Å². The summed E-state index contributed by atoms with van der Waals surface area (Å²) in [4.78, 5) is 40.0. The second-order valence-corrected chi connectivity index (χ2v) is 14.9. The monoisotopic (exact) mass is 482 g/mol. The van der Waals surface area contributed by atoms with E-state index in [0.29, 0.717) is 12.2 Å². The van der Waals surface area contributed by atoms with Gasteiger partial charge in [-0.15, -0.1) is 0 Å². The van der Waals surface area contributed by atoms with Crippen molar-refractivity contribution < 1.29 is 19.1 Å². The molecular weight excluding hydrogens is 436 g/mol. The first kappa shape index (κ1) is 25.2. The number of esters is 1. The van der Waals surface area contributed by atoms with Crippen molar-refractivity contribution in [1.82, 2.24) is 0 Å². The molecule has 4 nitrogen and oxygen atoms in total. The Morgan fingerprint density at radius 1 is 0.914 bits per heavy atom. The van der Waals surface area contributed by atoms with Crippen LogP contribution in [-0.2, 0) is 19.1 Å². The van der Waals surface area contributed by atoms with Gasteiger partial charge in [-0.1, -0.05) is 47.1 Å². The summed E-state index contributed by atoms with van der Waals surface area (Å²) < 4.78 is 5.24. The van der Waals surface area contributed by atoms with Gasteiger partial charge in [-0.25, -0.2) is 0 Å². The van der Waals surface area contributed by atoms with Gasteiger partial charge in [0.25, 0.3) is 0 Å². The Balaban J connectivity index is 1.62. The molecular formula is C31H46O4. The summed E-state index contributed by atoms with van der Waals surface area (Å²) in [7, 11) is 1.50. The lowest BCUT2D eigenvalue weighted by atomic mass is 9.33. The Hall–Kier alpha value is -1.45. The lowest BCUT2D eigenvalue weighted by Crippen LogP contribution is -2.66. The lowest BCUT2D eigenvalue weighted by molar-refractivity contribution is -0.188. The van der Waals surface area contributed by atoms with E-state index < -0.39 is 5.41 Å². The molecule has 0 heterocycles. The highest BCUT2D eigenvalue weighted by Crippen LogP contribution is 2.74. The minimum absolute atomic E-state index is 0.0465. The Morgan fingerprint density at radius 3 is 2.23 bits per heavy atom. The number of methoxy groups -OCH3 is 1. The average Bonchev–Trinajstić information content (AvgIpc) is 2.78. The lowest BCUT2D eigenvalue weighted by Gasteiger charge is -2.69. The van der Waals surface area contributed by atoms with Gasteiger partial charge in [-0.3, -0.25) is 14.4 Å². The molecule has 4 heteroatoms. The average molecular weight is 483 g/mol. The maximum absolute atomic E-state index is 14.3. The van der Waals surface area contributed by atoms with Crippen LogP contribution in [-0.4, -0.2) is 24.6 Å². The zero-order valence-corrected chi connectivity index (χ0v) is 23.3. The van der Waals surface area contributed by atoms with Crippen molar-refractivity contribution in [3.05, 3.63) is 11.6 Å². The Labute approximate surface area is 212 Å². The number of hydrogen-bond donors (Lipinski definition) is 0. The standard InChI is InChI=1S/C31H46O4/c1-26(2)22-9-12-31(7)24(29(22,5)11-10-23(26)33)21(32)17-19-20-18-28(4,25(34)35-8)14-13-27(20,3)15-16-30(19,31)6/h17,20,22,24H,9-16,18H2,1-8H3/t20-,22-,24-,27+,28-,29-,30+,31+/m0/s1. The summed E-state index contributed by atoms with van der Waals surface area (Å²) in [6.45, 7) is 15.9. The fourth-order valence-corrected chi connectivity index (χ4v) is 10.4. The molecule has 0 amide bonds. The van der Waals surface area contributed by atoms with Crippen LogP contribution in [0.1, 0.15) is 106 Å². The summed E-state index contributed by atoms with van der Waals surface area (Å²) in [6.07, 6.45) is 10.3. The smallest absolute Gasteiger partial charge is 0.311 e. The molecule has 4 saturated carbocycles. The highest BCUT2D eigenvalue weighted by molar-refractivity contribution is 5.96. The molecule has 0 aliphatic heterocycles. The summed E-state index contributed by atoms with van der Waals surface area (Å²) in [6, 6.07) is 0. The Kier molecular flexibility index (Phi) is 5.27. The summed E-state index contributed by atoms with van der Waals surface area (Å²) in [5.74, 6) is 0.980. The molecule has 194 valence electrons. The number of hydrogen-bond acceptors (Lipinski definition) is 4. The number of Topliss-reactive ketones (excluding diaryl/α,β-unsaturated/α-hetero) is 1. The van der Waals surface area contributed by atoms with Crippen LogP contribution >= 0.6 is 0 Å². The van der Waals surface area contributed by atoms with Crippen LogP contribution in [0.4, 0.5) is 0 Å². The van der Waals surface area contributed by atoms with Gasteiger partial charge in [0.1, 0.15) is 5.78 Å². The second kappa shape index (κ2) is 7.32. The maximum Gasteiger partial charge on any atom is 0.311 e. The van der Waals surface area contributed by atoms with Gasteiger partial charge in [0, 0.05) is 17.8 Å². The molecule has 4 fully saturated rings. The maximum atomic E-state index is 14.3. The predicted molar refractivity (Wildman–Crippen MR) is 136 cm³/mol. The van der Waals surface area contributed by atoms with Crippen molar-refractivity contribution in [3.8, 4) is 0 Å². The van der Waals surface area contributed by atoms with Gasteiger partial charge >= 0.3 is 5.97 Å². The third-order valence-corrected chi connectivity index (χ3v) is 13.0. The van der Waals surface area contributed by atoms with Crippen molar-refractivity contribution in [2.24, 2.45) is 50.2 Å². The highest BCUT2D eigenvalue weighted by atomic mass is 16.5. The van der Waals surface area contributed by atoms with Crippen LogP contribution in [0.3, 0.4) is 0 Å². The highest BCUT2D eigenvalue weighted by Gasteiger charge is 2.70. The molecule has 0 N–H and O–H groups in total. The van der Waals surface area contributed by atoms with Crippen LogP contribution in [0, 0.1) is 50.2 Å². The third-order valence-electron chi connectivity index (χ3n) is 13.0. The molecule has 0 aromatic rings. The van der Waals surface area contributed by atoms with Crippen molar-refractivity contribution in [3.63, 3.8) is 0 Å². The molecule has 0 bridgehead atoms. The molecule has 0 spiro atoms. The van der Waals surface area contributed by atoms with Crippen LogP contribution in [0.2, 0.25) is 0 Å². The van der Waals surface area contributed by atoms with Crippen molar-refractivity contribution >= 4 is 17.5 Å². The van der Waals surface area contributed by atoms with Gasteiger partial charge in [-0.05, 0) is 97.9 Å². The van der Waals surface area contributed by atoms with Crippen molar-refractivity contribution in [1.29, 1.82) is 0 Å². The number of ether oxygens (including phenoxy) is 1. The van der Waals surface area contributed by atoms with Gasteiger partial charge in [0.15, 0.2) is 5.78 Å². The van der Waals surface area contributed by atoms with E-state index in [1.807, 2.05) is 0 Å². The van der Waals surface area contributed by atoms with E-state index in [-0.39, 0.29) is 56.6 Å². The van der Waals surface area contributed by atoms with Gasteiger partial charge < -0.3 is 4.74 Å². The number of carbonyl (C=O) groups is 3. The molecule has 0 saturated heterocycles. The van der Waals surface area contributed by atoms with E-state index in [1.165, 1.54) is 12.7 Å². The van der Waals surface area contributed by atoms with Crippen LogP contribution < -0.4 is 0 Å². The summed E-state index contributed by atoms with van der Waals surface area (Å²) in [5.41, 5.74) is 0.244. The zero-order chi connectivity index (χ0) is 25.8. The van der Waals surface area contributed by atoms with E-state index in [0.717, 1.165) is 51.4 Å². The minimum Gasteiger partial charge on any atom is -0.469 e. The third kappa shape index (κ3) is 3.00. The number of fused-ring (bicyclic) bond motifs is 7. The molecule has 5 aliphatic carbocycles. The normalized spacial score (nSPS) is 50.7. The van der Waals surface area contributed by atoms with E-state index in [1.54, 1.807) is 0 Å². The molecule has 0 radical (unpaired) electrons. The number of rotatable bonds is 1. The fourth-order valence-electron chi connectivity index (χ4n) is 10.4. The first-order valence-electron chi connectivity index (χ1n) is 14.0. The first-order chi connectivity index (χ1) is 16.1. The summed E-state index contributed by atoms with van der Waals surface area (Å²) >= 11 is 0. The SMILES string of the molecule is COC(=O)[C@@]1(C)CC[C@]2(C)CC[C@]3(C)C(=CC(=O)[C@H]4[C@@]5(C)CCC(=O)C(C)(C)[C@@H]5CC[C@]43C)[C@@H]2C1. The van der Waals surface area contributed by atoms with Crippen molar-refractivity contribution in [2.45, 2.75) is 106 Å². The molecule has 8 atom stereocenters. The Bertz CT molecular complexity index is 1020. The Morgan fingerprint density at radius 2 is 1.57 bits per heavy atom. The van der Waals surface area contributed by atoms with Gasteiger partial charge in [-0.2, -0.15) is 0 Å². The van der Waals surface area contributed by atoms with Crippen molar-refractivity contribution in [2.75, 3.05) is 7.11 Å². The molecule has 35 heavy (non-hydrogen) atoms. The molecule has 0 aromatic heterocycles. The van der Waals surface area contributed by atoms with E-state index in [9.17, 15) is 14.4 Å². The largest absolute Gasteiger partial charge is 0.469 e. The van der Waals surface area contributed by atoms with E-state index in [2.05, 4.69) is 54.5 Å². The number of ketones is 2. The molecule has 0 unspecified atom stereocenters. The summed E-state index contributed by atoms with van der Waals surface area (Å²) in [5, 5.41) is 0. The number of allylic oxidation sites excluding steroid dienone is 2. The minimum atomic E-state index is -0.490. The zero-order valence-electron chi connectivity index (χ0n) is 23.3. The van der Waals surface area contributed by atoms with Gasteiger partial charge in [0.2, 0.25) is 0 Å². The van der Waals surface area contributed by atoms with Crippen LogP contribution in [0.25, 0.3) is 0 Å². The predicted octanol–water partition coefficient (Wildman–Crippen LogP) is 6.71. The molecule has 0 aromatic carbocycles. The van der Waals surface area contributed by atoms with E-state index in [4.69, 9.17) is 4.74 Å². The fraction of sp³-hybridized carbons (Fsp3) is 0.839.